The van der Waals surface area contributed by atoms with E-state index in [4.69, 9.17) is 29.2 Å². The van der Waals surface area contributed by atoms with E-state index < -0.39 is 0 Å². The summed E-state index contributed by atoms with van der Waals surface area (Å²) in [6, 6.07) is 0. The van der Waals surface area contributed by atoms with E-state index in [1.54, 1.807) is 0 Å². The van der Waals surface area contributed by atoms with Gasteiger partial charge >= 0.3 is 0 Å². The minimum absolute atomic E-state index is 0.983. The summed E-state index contributed by atoms with van der Waals surface area (Å²) < 4.78 is 5.85. The highest BCUT2D eigenvalue weighted by Gasteiger charge is 1.96. The minimum Gasteiger partial charge on any atom is -0.381 e. The van der Waals surface area contributed by atoms with Gasteiger partial charge in [0, 0.05) is 13.2 Å². The van der Waals surface area contributed by atoms with Crippen molar-refractivity contribution < 1.29 is 4.74 Å². The summed E-state index contributed by atoms with van der Waals surface area (Å²) in [6.07, 6.45) is 38.5. The summed E-state index contributed by atoms with van der Waals surface area (Å²) >= 11 is 9.74. The molecule has 0 bridgehead atoms. The van der Waals surface area contributed by atoms with Crippen LogP contribution in [0, 0.1) is 0 Å². The molecule has 0 aromatic carbocycles. The van der Waals surface area contributed by atoms with Crippen LogP contribution in [-0.2, 0) is 4.74 Å². The fourth-order valence-corrected chi connectivity index (χ4v) is 5.19. The van der Waals surface area contributed by atoms with Crippen LogP contribution >= 0.6 is 24.4 Å². The average molecular weight is 527 g/mol. The third-order valence-corrected chi connectivity index (χ3v) is 7.69. The zero-order valence-corrected chi connectivity index (χ0v) is 25.2. The number of thiocarbonyl (C=S) groups is 2. The summed E-state index contributed by atoms with van der Waals surface area (Å²) in [6.45, 7) is 1.97. The maximum Gasteiger partial charge on any atom is 0.0466 e. The van der Waals surface area contributed by atoms with Gasteiger partial charge in [0.05, 0.1) is 0 Å². The van der Waals surface area contributed by atoms with Crippen molar-refractivity contribution in [2.24, 2.45) is 0 Å². The predicted molar refractivity (Wildman–Crippen MR) is 167 cm³/mol. The van der Waals surface area contributed by atoms with Gasteiger partial charge in [0.25, 0.3) is 0 Å². The Morgan fingerprint density at radius 3 is 0.714 bits per heavy atom. The molecule has 0 saturated carbocycles. The number of rotatable bonds is 32. The van der Waals surface area contributed by atoms with Crippen LogP contribution in [0.25, 0.3) is 0 Å². The van der Waals surface area contributed by atoms with Crippen molar-refractivity contribution in [3.63, 3.8) is 0 Å². The lowest BCUT2D eigenvalue weighted by atomic mass is 10.0. The van der Waals surface area contributed by atoms with E-state index in [-0.39, 0.29) is 0 Å². The van der Waals surface area contributed by atoms with Crippen LogP contribution in [0.2, 0.25) is 0 Å². The molecule has 1 nitrogen and oxygen atoms in total. The number of unbranched alkanes of at least 4 members (excludes halogenated alkanes) is 26. The van der Waals surface area contributed by atoms with E-state index in [0.29, 0.717) is 0 Å². The molecule has 0 aromatic rings. The van der Waals surface area contributed by atoms with Crippen LogP contribution in [0.4, 0.5) is 0 Å². The van der Waals surface area contributed by atoms with Gasteiger partial charge in [0.2, 0.25) is 0 Å². The smallest absolute Gasteiger partial charge is 0.0466 e. The quantitative estimate of drug-likeness (QED) is 0.0637. The molecule has 0 amide bonds. The molecule has 0 spiro atoms. The van der Waals surface area contributed by atoms with E-state index in [1.807, 2.05) is 10.7 Å². The summed E-state index contributed by atoms with van der Waals surface area (Å²) in [7, 11) is 0. The monoisotopic (exact) mass is 526 g/mol. The van der Waals surface area contributed by atoms with Crippen molar-refractivity contribution in [3.05, 3.63) is 0 Å². The first-order chi connectivity index (χ1) is 17.4. The molecule has 0 rings (SSSR count). The van der Waals surface area contributed by atoms with Gasteiger partial charge in [0.1, 0.15) is 0 Å². The van der Waals surface area contributed by atoms with Gasteiger partial charge in [-0.1, -0.05) is 166 Å². The maximum atomic E-state index is 5.85. The largest absolute Gasteiger partial charge is 0.381 e. The Hall–Kier alpha value is 0.140. The fourth-order valence-electron chi connectivity index (χ4n) is 4.85. The van der Waals surface area contributed by atoms with Crippen LogP contribution < -0.4 is 0 Å². The topological polar surface area (TPSA) is 9.23 Å². The van der Waals surface area contributed by atoms with Crippen molar-refractivity contribution in [2.75, 3.05) is 13.2 Å². The lowest BCUT2D eigenvalue weighted by Crippen LogP contribution is -1.97. The predicted octanol–water partition coefficient (Wildman–Crippen LogP) is 11.9. The number of ether oxygens (including phenoxy) is 1. The molecule has 0 fully saturated rings. The van der Waals surface area contributed by atoms with Gasteiger partial charge in [0.15, 0.2) is 0 Å². The third-order valence-electron chi connectivity index (χ3n) is 7.22. The Kier molecular flexibility index (Phi) is 34.3. The van der Waals surface area contributed by atoms with Crippen LogP contribution in [0.3, 0.4) is 0 Å². The van der Waals surface area contributed by atoms with E-state index in [0.717, 1.165) is 26.1 Å². The Bertz CT molecular complexity index is 363. The second-order valence-corrected chi connectivity index (χ2v) is 11.4. The highest BCUT2D eigenvalue weighted by molar-refractivity contribution is 7.79. The molecule has 0 radical (unpaired) electrons. The minimum atomic E-state index is 0.983. The first-order valence-corrected chi connectivity index (χ1v) is 16.8. The van der Waals surface area contributed by atoms with E-state index in [1.165, 1.54) is 167 Å². The molecule has 208 valence electrons. The molecule has 35 heavy (non-hydrogen) atoms. The zero-order valence-electron chi connectivity index (χ0n) is 23.6. The average Bonchev–Trinajstić information content (AvgIpc) is 2.87. The lowest BCUT2D eigenvalue weighted by molar-refractivity contribution is 0.125. The number of hydrogen-bond acceptors (Lipinski definition) is 3. The van der Waals surface area contributed by atoms with Gasteiger partial charge in [-0.15, -0.1) is 0 Å². The summed E-state index contributed by atoms with van der Waals surface area (Å²) in [5, 5.41) is 3.76. The Morgan fingerprint density at radius 1 is 0.286 bits per heavy atom. The third kappa shape index (κ3) is 34.1. The second kappa shape index (κ2) is 34.1. The molecule has 0 saturated heterocycles. The molecular weight excluding hydrogens is 464 g/mol. The fraction of sp³-hybridized carbons (Fsp3) is 0.938. The van der Waals surface area contributed by atoms with Gasteiger partial charge < -0.3 is 4.74 Å². The molecule has 0 heterocycles. The van der Waals surface area contributed by atoms with E-state index >= 15 is 0 Å². The molecule has 0 aliphatic carbocycles. The molecule has 0 atom stereocenters. The van der Waals surface area contributed by atoms with E-state index in [2.05, 4.69) is 0 Å². The van der Waals surface area contributed by atoms with Crippen LogP contribution in [0.5, 0.6) is 0 Å². The standard InChI is InChI=1S/C32H62OS2/c34-31-27-23-19-15-11-7-3-1-5-9-13-17-21-25-29-33-30-26-22-18-14-10-6-2-4-8-12-16-20-24-28-32-35/h31-32H,1-30H2. The molecule has 0 aliphatic heterocycles. The van der Waals surface area contributed by atoms with Gasteiger partial charge in [-0.25, -0.2) is 0 Å². The SMILES string of the molecule is S=CCCCCCCCCCCCCCCCOCCCCCCCCCCCCCCCC=S. The Balaban J connectivity index is 3.01. The van der Waals surface area contributed by atoms with Crippen molar-refractivity contribution in [2.45, 2.75) is 180 Å². The first kappa shape index (κ1) is 35.1. The first-order valence-electron chi connectivity index (χ1n) is 15.9. The van der Waals surface area contributed by atoms with Crippen LogP contribution in [0.1, 0.15) is 180 Å². The number of hydrogen-bond donors (Lipinski definition) is 0. The van der Waals surface area contributed by atoms with Crippen molar-refractivity contribution >= 4 is 35.2 Å². The van der Waals surface area contributed by atoms with Crippen molar-refractivity contribution in [1.82, 2.24) is 0 Å². The lowest BCUT2D eigenvalue weighted by Gasteiger charge is -2.05. The van der Waals surface area contributed by atoms with Crippen LogP contribution in [0.15, 0.2) is 0 Å². The van der Waals surface area contributed by atoms with Crippen LogP contribution in [-0.4, -0.2) is 23.9 Å². The second-order valence-electron chi connectivity index (χ2n) is 10.7. The van der Waals surface area contributed by atoms with E-state index in [9.17, 15) is 0 Å². The van der Waals surface area contributed by atoms with Crippen molar-refractivity contribution in [1.29, 1.82) is 0 Å². The summed E-state index contributed by atoms with van der Waals surface area (Å²) in [4.78, 5) is 0. The Labute approximate surface area is 232 Å². The van der Waals surface area contributed by atoms with Gasteiger partial charge in [-0.2, -0.15) is 0 Å². The van der Waals surface area contributed by atoms with Gasteiger partial charge in [-0.05, 0) is 49.3 Å². The highest BCUT2D eigenvalue weighted by Crippen LogP contribution is 2.14. The molecule has 0 aliphatic rings. The zero-order chi connectivity index (χ0) is 25.3. The van der Waals surface area contributed by atoms with Gasteiger partial charge in [-0.3, -0.25) is 0 Å². The summed E-state index contributed by atoms with van der Waals surface area (Å²) in [5.74, 6) is 0. The molecule has 3 heteroatoms. The molecular formula is C32H62OS2. The molecule has 0 aromatic heterocycles. The molecule has 0 unspecified atom stereocenters. The maximum absolute atomic E-state index is 5.85. The highest BCUT2D eigenvalue weighted by atomic mass is 32.1. The van der Waals surface area contributed by atoms with Crippen molar-refractivity contribution in [3.8, 4) is 0 Å². The molecule has 0 N–H and O–H groups in total. The Morgan fingerprint density at radius 2 is 0.486 bits per heavy atom. The normalized spacial score (nSPS) is 11.2. The summed E-state index contributed by atoms with van der Waals surface area (Å²) in [5.41, 5.74) is 0.